The monoisotopic (exact) mass is 569 g/mol. The van der Waals surface area contributed by atoms with Gasteiger partial charge in [0.05, 0.1) is 48.6 Å². The third kappa shape index (κ3) is 4.12. The van der Waals surface area contributed by atoms with Crippen LogP contribution in [0.1, 0.15) is 18.1 Å². The number of nitrogens with one attached hydrogen (secondary N) is 1. The SMILES string of the molecule is CC(=O)C(=Nc1ccccc1)C1Sc2c(C#N)c3c(c(C#N)c2N1C)SC(=C1C=C(C(N)=O)C(=O)NC1=O)N3C. The Bertz CT molecular complexity index is 1720. The van der Waals surface area contributed by atoms with Crippen LogP contribution < -0.4 is 20.9 Å². The number of carbonyl (C=O) groups excluding carboxylic acids is 4. The van der Waals surface area contributed by atoms with Crippen LogP contribution in [0.25, 0.3) is 0 Å². The number of nitriles is 2. The molecule has 0 bridgehead atoms. The van der Waals surface area contributed by atoms with Gasteiger partial charge in [-0.1, -0.05) is 41.7 Å². The van der Waals surface area contributed by atoms with Gasteiger partial charge in [-0.2, -0.15) is 10.5 Å². The number of aliphatic imine (C=N–C) groups is 1. The maximum atomic E-state index is 12.7. The van der Waals surface area contributed by atoms with Crippen molar-refractivity contribution in [2.75, 3.05) is 23.9 Å². The Morgan fingerprint density at radius 1 is 1.02 bits per heavy atom. The Morgan fingerprint density at radius 3 is 2.27 bits per heavy atom. The maximum absolute atomic E-state index is 12.7. The largest absolute Gasteiger partial charge is 0.365 e. The molecule has 1 atom stereocenters. The molecule has 5 rings (SSSR count). The van der Waals surface area contributed by atoms with Gasteiger partial charge in [0.2, 0.25) is 0 Å². The minimum atomic E-state index is -0.997. The molecule has 3 aliphatic rings. The van der Waals surface area contributed by atoms with E-state index in [2.05, 4.69) is 22.4 Å². The lowest BCUT2D eigenvalue weighted by molar-refractivity contribution is -0.128. The number of benzene rings is 2. The molecule has 11 nitrogen and oxygen atoms in total. The lowest BCUT2D eigenvalue weighted by Crippen LogP contribution is -2.41. The minimum Gasteiger partial charge on any atom is -0.365 e. The van der Waals surface area contributed by atoms with Crippen LogP contribution >= 0.6 is 23.5 Å². The molecule has 2 aromatic rings. The normalized spacial score (nSPS) is 19.9. The summed E-state index contributed by atoms with van der Waals surface area (Å²) in [5, 5.41) is 22.4. The fraction of sp³-hybridized carbons (Fsp3) is 0.148. The van der Waals surface area contributed by atoms with Crippen molar-refractivity contribution in [3.8, 4) is 12.1 Å². The van der Waals surface area contributed by atoms with E-state index in [0.29, 0.717) is 31.9 Å². The van der Waals surface area contributed by atoms with Gasteiger partial charge in [-0.15, -0.1) is 0 Å². The van der Waals surface area contributed by atoms with Crippen LogP contribution in [-0.2, 0) is 19.2 Å². The van der Waals surface area contributed by atoms with Crippen molar-refractivity contribution in [1.29, 1.82) is 10.5 Å². The summed E-state index contributed by atoms with van der Waals surface area (Å²) in [5.74, 6) is -2.89. The molecule has 0 fully saturated rings. The lowest BCUT2D eigenvalue weighted by atomic mass is 10.0. The highest BCUT2D eigenvalue weighted by molar-refractivity contribution is 8.04. The highest BCUT2D eigenvalue weighted by atomic mass is 32.2. The van der Waals surface area contributed by atoms with Gasteiger partial charge in [0.15, 0.2) is 5.78 Å². The molecule has 40 heavy (non-hydrogen) atoms. The van der Waals surface area contributed by atoms with E-state index in [1.165, 1.54) is 18.7 Å². The van der Waals surface area contributed by atoms with E-state index in [4.69, 9.17) is 5.73 Å². The van der Waals surface area contributed by atoms with Crippen LogP contribution in [0.2, 0.25) is 0 Å². The number of carbonyl (C=O) groups is 4. The molecule has 3 aliphatic heterocycles. The summed E-state index contributed by atoms with van der Waals surface area (Å²) in [5.41, 5.74) is 7.16. The quantitative estimate of drug-likeness (QED) is 0.241. The topological polar surface area (TPSA) is 173 Å². The van der Waals surface area contributed by atoms with Crippen molar-refractivity contribution in [2.24, 2.45) is 10.7 Å². The Morgan fingerprint density at radius 2 is 1.68 bits per heavy atom. The van der Waals surface area contributed by atoms with Gasteiger partial charge in [0.1, 0.15) is 28.8 Å². The number of ketones is 1. The van der Waals surface area contributed by atoms with E-state index < -0.39 is 23.1 Å². The fourth-order valence-electron chi connectivity index (χ4n) is 4.61. The van der Waals surface area contributed by atoms with Crippen molar-refractivity contribution in [3.05, 3.63) is 63.7 Å². The predicted octanol–water partition coefficient (Wildman–Crippen LogP) is 2.48. The number of rotatable bonds is 4. The molecule has 3 heterocycles. The highest BCUT2D eigenvalue weighted by Gasteiger charge is 2.43. The average molecular weight is 570 g/mol. The maximum Gasteiger partial charge on any atom is 0.263 e. The first kappa shape index (κ1) is 26.7. The minimum absolute atomic E-state index is 0.00205. The number of fused-ring (bicyclic) bond motifs is 2. The summed E-state index contributed by atoms with van der Waals surface area (Å²) in [4.78, 5) is 58.1. The second kappa shape index (κ2) is 10.0. The third-order valence-corrected chi connectivity index (χ3v) is 9.14. The van der Waals surface area contributed by atoms with E-state index in [0.717, 1.165) is 17.8 Å². The average Bonchev–Trinajstić information content (AvgIpc) is 3.43. The van der Waals surface area contributed by atoms with Crippen LogP contribution in [0.15, 0.2) is 67.4 Å². The molecule has 0 aliphatic carbocycles. The van der Waals surface area contributed by atoms with E-state index in [-0.39, 0.29) is 33.8 Å². The number of Topliss-reactive ketones (excluding diaryl/α,β-unsaturated/α-hetero) is 1. The highest BCUT2D eigenvalue weighted by Crippen LogP contribution is 2.58. The van der Waals surface area contributed by atoms with Crippen molar-refractivity contribution in [1.82, 2.24) is 5.32 Å². The summed E-state index contributed by atoms with van der Waals surface area (Å²) in [6.07, 6.45) is 1.12. The lowest BCUT2D eigenvalue weighted by Gasteiger charge is -2.23. The number of hydrogen-bond acceptors (Lipinski definition) is 11. The number of thioether (sulfide) groups is 2. The number of amides is 3. The van der Waals surface area contributed by atoms with Gasteiger partial charge in [0, 0.05) is 21.0 Å². The van der Waals surface area contributed by atoms with Gasteiger partial charge < -0.3 is 15.5 Å². The molecule has 2 aromatic carbocycles. The second-order valence-corrected chi connectivity index (χ2v) is 11.0. The number of para-hydroxylation sites is 1. The molecule has 3 N–H and O–H groups in total. The van der Waals surface area contributed by atoms with Gasteiger partial charge >= 0.3 is 0 Å². The van der Waals surface area contributed by atoms with Crippen molar-refractivity contribution in [3.63, 3.8) is 0 Å². The molecule has 0 saturated carbocycles. The number of anilines is 2. The predicted molar refractivity (Wildman–Crippen MR) is 150 cm³/mol. The zero-order valence-corrected chi connectivity index (χ0v) is 22.9. The fourth-order valence-corrected chi connectivity index (χ4v) is 7.31. The van der Waals surface area contributed by atoms with E-state index in [1.54, 1.807) is 36.0 Å². The molecule has 0 aromatic heterocycles. The molecule has 198 valence electrons. The Balaban J connectivity index is 1.67. The van der Waals surface area contributed by atoms with Crippen LogP contribution in [0.3, 0.4) is 0 Å². The Hall–Kier alpha value is -4.85. The van der Waals surface area contributed by atoms with E-state index in [9.17, 15) is 29.7 Å². The molecular weight excluding hydrogens is 550 g/mol. The summed E-state index contributed by atoms with van der Waals surface area (Å²) >= 11 is 2.31. The zero-order valence-electron chi connectivity index (χ0n) is 21.3. The molecule has 0 radical (unpaired) electrons. The van der Waals surface area contributed by atoms with Crippen LogP contribution in [0.4, 0.5) is 17.1 Å². The van der Waals surface area contributed by atoms with E-state index >= 15 is 0 Å². The summed E-state index contributed by atoms with van der Waals surface area (Å²) in [6.45, 7) is 1.42. The summed E-state index contributed by atoms with van der Waals surface area (Å²) < 4.78 is 0. The number of nitrogens with zero attached hydrogens (tertiary/aromatic N) is 5. The number of nitrogens with two attached hydrogens (primary N) is 1. The first-order valence-electron chi connectivity index (χ1n) is 11.7. The van der Waals surface area contributed by atoms with Gasteiger partial charge in [-0.25, -0.2) is 4.99 Å². The molecule has 13 heteroatoms. The van der Waals surface area contributed by atoms with Crippen molar-refractivity contribution >= 4 is 69.8 Å². The van der Waals surface area contributed by atoms with Crippen molar-refractivity contribution < 1.29 is 19.2 Å². The smallest absolute Gasteiger partial charge is 0.263 e. The Kier molecular flexibility index (Phi) is 6.71. The number of primary amides is 1. The van der Waals surface area contributed by atoms with Crippen LogP contribution in [0, 0.1) is 22.7 Å². The Labute approximate surface area is 237 Å². The zero-order chi connectivity index (χ0) is 28.9. The molecule has 0 saturated heterocycles. The number of imide groups is 1. The first-order chi connectivity index (χ1) is 19.1. The van der Waals surface area contributed by atoms with Gasteiger partial charge in [-0.3, -0.25) is 24.5 Å². The number of hydrogen-bond donors (Lipinski definition) is 2. The molecule has 0 spiro atoms. The van der Waals surface area contributed by atoms with Crippen molar-refractivity contribution in [2.45, 2.75) is 22.1 Å². The van der Waals surface area contributed by atoms with Gasteiger partial charge in [-0.05, 0) is 18.2 Å². The standard InChI is InChI=1S/C27H19N7O4S2/c1-12(35)18(31-13-7-5-4-6-8-13)27-34(3)20-17(11-29)21-19(16(10-28)22(20)40-27)33(2)26(39-21)15-9-14(23(30)36)24(37)32-25(15)38/h4-9,27H,1-3H3,(H2,30,36)(H,32,37,38). The van der Waals surface area contributed by atoms with Crippen LogP contribution in [-0.4, -0.2) is 48.7 Å². The molecular formula is C27H19N7O4S2. The molecule has 3 amide bonds. The second-order valence-electron chi connectivity index (χ2n) is 8.88. The van der Waals surface area contributed by atoms with Crippen LogP contribution in [0.5, 0.6) is 0 Å². The third-order valence-electron chi connectivity index (χ3n) is 6.46. The molecule has 1 unspecified atom stereocenters. The van der Waals surface area contributed by atoms with Gasteiger partial charge in [0.25, 0.3) is 17.7 Å². The summed E-state index contributed by atoms with van der Waals surface area (Å²) in [6, 6.07) is 13.5. The van der Waals surface area contributed by atoms with E-state index in [1.807, 2.05) is 18.2 Å². The summed E-state index contributed by atoms with van der Waals surface area (Å²) in [7, 11) is 3.35. The first-order valence-corrected chi connectivity index (χ1v) is 13.4.